The van der Waals surface area contributed by atoms with Crippen molar-refractivity contribution >= 4 is 0 Å². The molecule has 13 nitrogen and oxygen atoms in total. The van der Waals surface area contributed by atoms with Gasteiger partial charge in [-0.3, -0.25) is 0 Å². The first kappa shape index (κ1) is 24.1. The fourth-order valence-corrected chi connectivity index (χ4v) is 4.07. The Morgan fingerprint density at radius 2 is 1.33 bits per heavy atom. The number of rotatable bonds is 6. The molecule has 3 rings (SSSR count). The van der Waals surface area contributed by atoms with Crippen LogP contribution in [0.4, 0.5) is 0 Å². The van der Waals surface area contributed by atoms with Crippen molar-refractivity contribution in [1.29, 1.82) is 0 Å². The third-order valence-corrected chi connectivity index (χ3v) is 5.88. The lowest BCUT2D eigenvalue weighted by Gasteiger charge is -2.45. The number of aliphatic hydroxyl groups excluding tert-OH is 7. The average molecular weight is 440 g/mol. The summed E-state index contributed by atoms with van der Waals surface area (Å²) in [7, 11) is 0. The zero-order valence-electron chi connectivity index (χ0n) is 16.3. The van der Waals surface area contributed by atoms with Crippen molar-refractivity contribution in [3.63, 3.8) is 0 Å². The molecular weight excluding hydrogens is 408 g/mol. The van der Waals surface area contributed by atoms with Crippen molar-refractivity contribution in [3.05, 3.63) is 0 Å². The molecule has 0 amide bonds. The van der Waals surface area contributed by atoms with Crippen LogP contribution in [-0.2, 0) is 18.9 Å². The van der Waals surface area contributed by atoms with Crippen LogP contribution in [0.15, 0.2) is 0 Å². The van der Waals surface area contributed by atoms with Gasteiger partial charge in [-0.15, -0.1) is 0 Å². The van der Waals surface area contributed by atoms with E-state index in [1.165, 1.54) is 0 Å². The quantitative estimate of drug-likeness (QED) is 0.188. The van der Waals surface area contributed by atoms with Crippen LogP contribution in [0, 0.1) is 0 Å². The molecule has 1 aliphatic carbocycles. The van der Waals surface area contributed by atoms with Gasteiger partial charge in [-0.2, -0.15) is 0 Å². The normalized spacial score (nSPS) is 52.5. The number of ether oxygens (including phenoxy) is 4. The van der Waals surface area contributed by atoms with Crippen LogP contribution in [0.5, 0.6) is 0 Å². The first-order chi connectivity index (χ1) is 14.2. The second-order valence-corrected chi connectivity index (χ2v) is 8.04. The fraction of sp³-hybridized carbons (Fsp3) is 1.00. The largest absolute Gasteiger partial charge is 0.394 e. The maximum absolute atomic E-state index is 10.6. The van der Waals surface area contributed by atoms with Gasteiger partial charge in [0.1, 0.15) is 42.7 Å². The summed E-state index contributed by atoms with van der Waals surface area (Å²) in [5.74, 6) is 0. The van der Waals surface area contributed by atoms with E-state index >= 15 is 0 Å². The van der Waals surface area contributed by atoms with E-state index in [4.69, 9.17) is 30.4 Å². The highest BCUT2D eigenvalue weighted by Gasteiger charge is 2.50. The van der Waals surface area contributed by atoms with E-state index in [2.05, 4.69) is 0 Å². The van der Waals surface area contributed by atoms with Crippen LogP contribution in [0.25, 0.3) is 0 Å². The van der Waals surface area contributed by atoms with Gasteiger partial charge in [-0.1, -0.05) is 0 Å². The van der Waals surface area contributed by atoms with E-state index in [-0.39, 0.29) is 12.8 Å². The topological polar surface area (TPSA) is 231 Å². The monoisotopic (exact) mass is 440 g/mol. The lowest BCUT2D eigenvalue weighted by atomic mass is 9.84. The number of nitrogens with two attached hydrogens (primary N) is 2. The minimum absolute atomic E-state index is 0.121. The van der Waals surface area contributed by atoms with Gasteiger partial charge >= 0.3 is 0 Å². The Balaban J connectivity index is 1.73. The zero-order chi connectivity index (χ0) is 22.2. The predicted octanol–water partition coefficient (Wildman–Crippen LogP) is -5.56. The maximum atomic E-state index is 10.6. The van der Waals surface area contributed by atoms with Crippen LogP contribution >= 0.6 is 0 Å². The van der Waals surface area contributed by atoms with E-state index in [0.29, 0.717) is 0 Å². The molecule has 2 aliphatic heterocycles. The number of hydrogen-bond acceptors (Lipinski definition) is 13. The Kier molecular flexibility index (Phi) is 8.01. The molecule has 13 heteroatoms. The third kappa shape index (κ3) is 4.78. The molecule has 3 aliphatic rings. The van der Waals surface area contributed by atoms with Gasteiger partial charge in [-0.05, 0) is 6.42 Å². The summed E-state index contributed by atoms with van der Waals surface area (Å²) in [6.07, 6.45) is -13.5. The van der Waals surface area contributed by atoms with Crippen molar-refractivity contribution in [3.8, 4) is 0 Å². The van der Waals surface area contributed by atoms with Crippen molar-refractivity contribution in [2.45, 2.75) is 92.4 Å². The van der Waals surface area contributed by atoms with E-state index < -0.39 is 92.8 Å². The van der Waals surface area contributed by atoms with Gasteiger partial charge < -0.3 is 66.2 Å². The van der Waals surface area contributed by atoms with Crippen molar-refractivity contribution in [2.24, 2.45) is 11.5 Å². The molecule has 3 fully saturated rings. The molecule has 13 atom stereocenters. The van der Waals surface area contributed by atoms with E-state index in [1.54, 1.807) is 0 Å². The molecule has 0 bridgehead atoms. The van der Waals surface area contributed by atoms with Gasteiger partial charge in [0, 0.05) is 18.5 Å². The smallest absolute Gasteiger partial charge is 0.187 e. The van der Waals surface area contributed by atoms with Gasteiger partial charge in [0.05, 0.1) is 25.4 Å². The first-order valence-corrected chi connectivity index (χ1v) is 9.93. The molecule has 13 unspecified atom stereocenters. The second-order valence-electron chi connectivity index (χ2n) is 8.04. The molecule has 0 aromatic carbocycles. The van der Waals surface area contributed by atoms with E-state index in [1.807, 2.05) is 0 Å². The average Bonchev–Trinajstić information content (AvgIpc) is 2.98. The molecule has 0 spiro atoms. The summed E-state index contributed by atoms with van der Waals surface area (Å²) in [5.41, 5.74) is 12.1. The fourth-order valence-electron chi connectivity index (χ4n) is 4.07. The van der Waals surface area contributed by atoms with Gasteiger partial charge in [0.2, 0.25) is 0 Å². The van der Waals surface area contributed by atoms with Crippen molar-refractivity contribution in [2.75, 3.05) is 13.2 Å². The van der Waals surface area contributed by atoms with Gasteiger partial charge in [-0.25, -0.2) is 0 Å². The van der Waals surface area contributed by atoms with Crippen LogP contribution in [-0.4, -0.2) is 129 Å². The zero-order valence-corrected chi connectivity index (χ0v) is 16.3. The van der Waals surface area contributed by atoms with Crippen molar-refractivity contribution in [1.82, 2.24) is 0 Å². The molecule has 30 heavy (non-hydrogen) atoms. The molecule has 0 aromatic heterocycles. The summed E-state index contributed by atoms with van der Waals surface area (Å²) in [4.78, 5) is 0. The Labute approximate surface area is 172 Å². The molecule has 1 saturated carbocycles. The highest BCUT2D eigenvalue weighted by Crippen LogP contribution is 2.32. The molecule has 176 valence electrons. The highest BCUT2D eigenvalue weighted by molar-refractivity contribution is 5.00. The van der Waals surface area contributed by atoms with Gasteiger partial charge in [0.15, 0.2) is 12.6 Å². The molecule has 2 heterocycles. The standard InChI is InChI=1S/C17H32N2O11/c18-5-1-6(19)15(29-10-2-7(22)12(24)8(3-20)27-10)16(11(5)23)30-17-14(26)13(25)9(4-21)28-17/h5-17,20-26H,1-4,18-19H2. The third-order valence-electron chi connectivity index (χ3n) is 5.88. The summed E-state index contributed by atoms with van der Waals surface area (Å²) in [5, 5.41) is 69.0. The maximum Gasteiger partial charge on any atom is 0.187 e. The van der Waals surface area contributed by atoms with Crippen LogP contribution in [0.3, 0.4) is 0 Å². The summed E-state index contributed by atoms with van der Waals surface area (Å²) in [6.45, 7) is -1.10. The Morgan fingerprint density at radius 1 is 0.700 bits per heavy atom. The highest BCUT2D eigenvalue weighted by atomic mass is 16.7. The minimum Gasteiger partial charge on any atom is -0.394 e. The molecule has 2 saturated heterocycles. The lowest BCUT2D eigenvalue weighted by molar-refractivity contribution is -0.305. The number of hydrogen-bond donors (Lipinski definition) is 9. The van der Waals surface area contributed by atoms with Crippen LogP contribution in [0.1, 0.15) is 12.8 Å². The summed E-state index contributed by atoms with van der Waals surface area (Å²) in [6, 6.07) is -1.50. The Morgan fingerprint density at radius 3 is 1.93 bits per heavy atom. The van der Waals surface area contributed by atoms with E-state index in [0.717, 1.165) is 0 Å². The number of aliphatic hydroxyl groups is 7. The Bertz CT molecular complexity index is 560. The molecule has 11 N–H and O–H groups in total. The van der Waals surface area contributed by atoms with Crippen LogP contribution < -0.4 is 11.5 Å². The van der Waals surface area contributed by atoms with Crippen molar-refractivity contribution < 1.29 is 54.7 Å². The second kappa shape index (κ2) is 9.95. The van der Waals surface area contributed by atoms with Crippen LogP contribution in [0.2, 0.25) is 0 Å². The minimum atomic E-state index is -1.49. The summed E-state index contributed by atoms with van der Waals surface area (Å²) < 4.78 is 22.3. The molecular formula is C17H32N2O11. The Hall–Kier alpha value is -0.520. The first-order valence-electron chi connectivity index (χ1n) is 9.93. The summed E-state index contributed by atoms with van der Waals surface area (Å²) >= 11 is 0. The van der Waals surface area contributed by atoms with E-state index in [9.17, 15) is 35.7 Å². The molecule has 0 aromatic rings. The molecule has 0 radical (unpaired) electrons. The van der Waals surface area contributed by atoms with Gasteiger partial charge in [0.25, 0.3) is 0 Å². The predicted molar refractivity (Wildman–Crippen MR) is 96.5 cm³/mol. The SMILES string of the molecule is NC1CC(N)C(OC2CC(O)C(O)C(CO)O2)C(OC2OC(CO)C(O)C2O)C1O. The lowest BCUT2D eigenvalue weighted by Crippen LogP contribution is -2.65.